The van der Waals surface area contributed by atoms with E-state index >= 15 is 0 Å². The number of hydrogen-bond acceptors (Lipinski definition) is 2. The monoisotopic (exact) mass is 297 g/mol. The van der Waals surface area contributed by atoms with Crippen molar-refractivity contribution in [2.45, 2.75) is 19.9 Å². The minimum atomic E-state index is 0.677. The molecule has 2 aromatic rings. The van der Waals surface area contributed by atoms with Crippen molar-refractivity contribution in [2.75, 3.05) is 13.1 Å². The van der Waals surface area contributed by atoms with Gasteiger partial charge in [0.25, 0.3) is 0 Å². The van der Waals surface area contributed by atoms with Gasteiger partial charge < -0.3 is 9.88 Å². The zero-order valence-electron chi connectivity index (χ0n) is 10.9. The van der Waals surface area contributed by atoms with Crippen LogP contribution < -0.4 is 5.32 Å². The molecule has 2 rings (SSSR count). The fraction of sp³-hybridized carbons (Fsp3) is 0.357. The van der Waals surface area contributed by atoms with E-state index in [4.69, 9.17) is 23.2 Å². The van der Waals surface area contributed by atoms with Crippen LogP contribution in [0.25, 0.3) is 11.3 Å². The van der Waals surface area contributed by atoms with Gasteiger partial charge in [0, 0.05) is 23.7 Å². The van der Waals surface area contributed by atoms with Gasteiger partial charge in [-0.1, -0.05) is 30.1 Å². The third kappa shape index (κ3) is 3.72. The fourth-order valence-corrected chi connectivity index (χ4v) is 2.30. The van der Waals surface area contributed by atoms with Gasteiger partial charge in [-0.25, -0.2) is 4.98 Å². The van der Waals surface area contributed by atoms with E-state index in [1.807, 2.05) is 24.7 Å². The summed E-state index contributed by atoms with van der Waals surface area (Å²) in [5.41, 5.74) is 1.91. The first-order valence-electron chi connectivity index (χ1n) is 6.38. The van der Waals surface area contributed by atoms with E-state index in [2.05, 4.69) is 21.8 Å². The third-order valence-electron chi connectivity index (χ3n) is 2.87. The molecule has 0 saturated carbocycles. The van der Waals surface area contributed by atoms with E-state index in [-0.39, 0.29) is 0 Å². The maximum atomic E-state index is 6.23. The Hall–Kier alpha value is -1.03. The van der Waals surface area contributed by atoms with Crippen molar-refractivity contribution in [1.82, 2.24) is 14.9 Å². The van der Waals surface area contributed by atoms with Crippen molar-refractivity contribution in [1.29, 1.82) is 0 Å². The minimum Gasteiger partial charge on any atom is -0.329 e. The minimum absolute atomic E-state index is 0.677. The second-order valence-electron chi connectivity index (χ2n) is 4.35. The van der Waals surface area contributed by atoms with Crippen LogP contribution in [0, 0.1) is 0 Å². The predicted molar refractivity (Wildman–Crippen MR) is 80.8 cm³/mol. The Morgan fingerprint density at radius 3 is 2.89 bits per heavy atom. The highest BCUT2D eigenvalue weighted by atomic mass is 35.5. The molecule has 0 atom stereocenters. The van der Waals surface area contributed by atoms with E-state index < -0.39 is 0 Å². The van der Waals surface area contributed by atoms with Crippen molar-refractivity contribution in [3.63, 3.8) is 0 Å². The number of hydrogen-bond donors (Lipinski definition) is 1. The van der Waals surface area contributed by atoms with Gasteiger partial charge in [0.15, 0.2) is 0 Å². The second kappa shape index (κ2) is 6.94. The Kier molecular flexibility index (Phi) is 5.25. The summed E-state index contributed by atoms with van der Waals surface area (Å²) in [6.07, 6.45) is 4.77. The van der Waals surface area contributed by atoms with Crippen LogP contribution in [0.15, 0.2) is 30.7 Å². The lowest BCUT2D eigenvalue weighted by molar-refractivity contribution is 0.596. The number of aromatic nitrogens is 2. The molecule has 1 aromatic carbocycles. The standard InChI is InChI=1S/C14H17Cl2N3/c1-2-5-17-6-7-19-10-18-9-14(19)12-8-11(15)3-4-13(12)16/h3-4,8-10,17H,2,5-7H2,1H3. The van der Waals surface area contributed by atoms with Gasteiger partial charge in [-0.3, -0.25) is 0 Å². The maximum absolute atomic E-state index is 6.23. The summed E-state index contributed by atoms with van der Waals surface area (Å²) in [4.78, 5) is 4.20. The molecule has 0 amide bonds. The Morgan fingerprint density at radius 2 is 2.11 bits per heavy atom. The van der Waals surface area contributed by atoms with Crippen molar-refractivity contribution in [3.05, 3.63) is 40.8 Å². The van der Waals surface area contributed by atoms with Gasteiger partial charge in [0.2, 0.25) is 0 Å². The van der Waals surface area contributed by atoms with E-state index in [9.17, 15) is 0 Å². The van der Waals surface area contributed by atoms with Gasteiger partial charge in [0.1, 0.15) is 0 Å². The number of nitrogens with one attached hydrogen (secondary N) is 1. The van der Waals surface area contributed by atoms with Gasteiger partial charge in [-0.05, 0) is 31.2 Å². The smallest absolute Gasteiger partial charge is 0.0951 e. The second-order valence-corrected chi connectivity index (χ2v) is 5.19. The summed E-state index contributed by atoms with van der Waals surface area (Å²) in [7, 11) is 0. The Labute approximate surface area is 123 Å². The highest BCUT2D eigenvalue weighted by molar-refractivity contribution is 6.35. The van der Waals surface area contributed by atoms with Gasteiger partial charge >= 0.3 is 0 Å². The zero-order chi connectivity index (χ0) is 13.7. The molecule has 1 N–H and O–H groups in total. The molecule has 0 saturated heterocycles. The van der Waals surface area contributed by atoms with Crippen molar-refractivity contribution in [3.8, 4) is 11.3 Å². The van der Waals surface area contributed by atoms with Crippen molar-refractivity contribution in [2.24, 2.45) is 0 Å². The van der Waals surface area contributed by atoms with Crippen LogP contribution in [0.1, 0.15) is 13.3 Å². The Balaban J connectivity index is 2.16. The summed E-state index contributed by atoms with van der Waals surface area (Å²) in [5, 5.41) is 4.74. The molecule has 1 aromatic heterocycles. The number of nitrogens with zero attached hydrogens (tertiary/aromatic N) is 2. The molecule has 0 spiro atoms. The molecule has 0 radical (unpaired) electrons. The number of rotatable bonds is 6. The molecule has 102 valence electrons. The quantitative estimate of drug-likeness (QED) is 0.821. The van der Waals surface area contributed by atoms with Crippen LogP contribution in [-0.2, 0) is 6.54 Å². The van der Waals surface area contributed by atoms with Crippen LogP contribution >= 0.6 is 23.2 Å². The summed E-state index contributed by atoms with van der Waals surface area (Å²) in [5.74, 6) is 0. The molecule has 0 aliphatic rings. The molecule has 0 bridgehead atoms. The Morgan fingerprint density at radius 1 is 1.26 bits per heavy atom. The van der Waals surface area contributed by atoms with Crippen LogP contribution in [0.4, 0.5) is 0 Å². The van der Waals surface area contributed by atoms with Crippen LogP contribution in [0.3, 0.4) is 0 Å². The summed E-state index contributed by atoms with van der Waals surface area (Å²) in [6, 6.07) is 5.47. The molecule has 19 heavy (non-hydrogen) atoms. The van der Waals surface area contributed by atoms with Crippen LogP contribution in [-0.4, -0.2) is 22.6 Å². The van der Waals surface area contributed by atoms with E-state index in [0.717, 1.165) is 37.3 Å². The van der Waals surface area contributed by atoms with Gasteiger partial charge in [0.05, 0.1) is 23.2 Å². The molecule has 5 heteroatoms. The van der Waals surface area contributed by atoms with Crippen LogP contribution in [0.2, 0.25) is 10.0 Å². The molecular formula is C14H17Cl2N3. The molecule has 0 aliphatic carbocycles. The van der Waals surface area contributed by atoms with Crippen LogP contribution in [0.5, 0.6) is 0 Å². The summed E-state index contributed by atoms with van der Waals surface area (Å²) in [6.45, 7) is 4.96. The normalized spacial score (nSPS) is 10.9. The molecule has 0 fully saturated rings. The van der Waals surface area contributed by atoms with E-state index in [1.165, 1.54) is 0 Å². The molecule has 3 nitrogen and oxygen atoms in total. The predicted octanol–water partition coefficient (Wildman–Crippen LogP) is 3.86. The topological polar surface area (TPSA) is 29.9 Å². The zero-order valence-corrected chi connectivity index (χ0v) is 12.4. The first-order valence-corrected chi connectivity index (χ1v) is 7.14. The fourth-order valence-electron chi connectivity index (χ4n) is 1.92. The lowest BCUT2D eigenvalue weighted by atomic mass is 10.1. The molecular weight excluding hydrogens is 281 g/mol. The molecule has 0 aliphatic heterocycles. The average molecular weight is 298 g/mol. The molecule has 0 unspecified atom stereocenters. The third-order valence-corrected chi connectivity index (χ3v) is 3.44. The number of halogens is 2. The highest BCUT2D eigenvalue weighted by Gasteiger charge is 2.09. The average Bonchev–Trinajstić information content (AvgIpc) is 2.86. The summed E-state index contributed by atoms with van der Waals surface area (Å²) < 4.78 is 2.08. The van der Waals surface area contributed by atoms with Gasteiger partial charge in [-0.15, -0.1) is 0 Å². The lowest BCUT2D eigenvalue weighted by Gasteiger charge is -2.10. The SMILES string of the molecule is CCCNCCn1cncc1-c1cc(Cl)ccc1Cl. The molecule has 1 heterocycles. The first-order chi connectivity index (χ1) is 9.22. The van der Waals surface area contributed by atoms with Crippen molar-refractivity contribution >= 4 is 23.2 Å². The largest absolute Gasteiger partial charge is 0.329 e. The van der Waals surface area contributed by atoms with Crippen molar-refractivity contribution < 1.29 is 0 Å². The lowest BCUT2D eigenvalue weighted by Crippen LogP contribution is -2.20. The van der Waals surface area contributed by atoms with E-state index in [1.54, 1.807) is 6.07 Å². The maximum Gasteiger partial charge on any atom is 0.0951 e. The Bertz CT molecular complexity index is 537. The van der Waals surface area contributed by atoms with E-state index in [0.29, 0.717) is 10.0 Å². The first kappa shape index (κ1) is 14.4. The highest BCUT2D eigenvalue weighted by Crippen LogP contribution is 2.30. The number of imidazole rings is 1. The van der Waals surface area contributed by atoms with Gasteiger partial charge in [-0.2, -0.15) is 0 Å². The number of benzene rings is 1. The summed E-state index contributed by atoms with van der Waals surface area (Å²) >= 11 is 12.3.